The molecule has 21 heavy (non-hydrogen) atoms. The van der Waals surface area contributed by atoms with Crippen LogP contribution in [0.4, 0.5) is 0 Å². The third-order valence-corrected chi connectivity index (χ3v) is 6.16. The summed E-state index contributed by atoms with van der Waals surface area (Å²) in [6, 6.07) is 1.23. The number of hydrogen-bond acceptors (Lipinski definition) is 2. The third kappa shape index (κ3) is 3.57. The maximum absolute atomic E-state index is 3.64. The standard InChI is InChI=1S/C19H32N2/c1-16(18-9-5-3-6-10-18)20-13-14-21(15-20)17(2)19-11-7-4-8-12-19/h13-14,16-19H,3-12H2,1-2H3/t16-,17-/m1/s1. The molecule has 0 spiro atoms. The van der Waals surface area contributed by atoms with E-state index in [1.165, 1.54) is 64.2 Å². The Kier molecular flexibility index (Phi) is 5.13. The molecule has 0 unspecified atom stereocenters. The van der Waals surface area contributed by atoms with Crippen LogP contribution in [-0.4, -0.2) is 21.9 Å². The van der Waals surface area contributed by atoms with Crippen molar-refractivity contribution < 1.29 is 0 Å². The second-order valence-corrected chi connectivity index (χ2v) is 7.49. The summed E-state index contributed by atoms with van der Waals surface area (Å²) in [5.74, 6) is 1.72. The van der Waals surface area contributed by atoms with Gasteiger partial charge in [-0.15, -0.1) is 0 Å². The Bertz CT molecular complexity index is 307. The molecule has 0 aromatic carbocycles. The molecule has 0 amide bonds. The fraction of sp³-hybridized carbons (Fsp3) is 0.842. The average Bonchev–Trinajstić information content (AvgIpc) is 3.05. The maximum Gasteiger partial charge on any atom is 0.208 e. The lowest BCUT2D eigenvalue weighted by atomic mass is 9.84. The SMILES string of the molecule is C[C@H](C1CCCCC1)N1[C]N([C@H](C)C2CCCCC2)C=C1. The summed E-state index contributed by atoms with van der Waals surface area (Å²) >= 11 is 0. The highest BCUT2D eigenvalue weighted by Crippen LogP contribution is 2.34. The highest BCUT2D eigenvalue weighted by atomic mass is 15.4. The Morgan fingerprint density at radius 1 is 0.714 bits per heavy atom. The van der Waals surface area contributed by atoms with Crippen molar-refractivity contribution in [2.75, 3.05) is 0 Å². The first-order valence-electron chi connectivity index (χ1n) is 9.27. The first kappa shape index (κ1) is 15.2. The first-order chi connectivity index (χ1) is 10.3. The summed E-state index contributed by atoms with van der Waals surface area (Å²) in [5.41, 5.74) is 0. The molecular weight excluding hydrogens is 256 g/mol. The Hall–Kier alpha value is -0.660. The van der Waals surface area contributed by atoms with Gasteiger partial charge in [0, 0.05) is 24.5 Å². The Morgan fingerprint density at radius 3 is 1.48 bits per heavy atom. The molecule has 0 N–H and O–H groups in total. The van der Waals surface area contributed by atoms with E-state index in [0.29, 0.717) is 12.1 Å². The van der Waals surface area contributed by atoms with Crippen molar-refractivity contribution in [3.63, 3.8) is 0 Å². The monoisotopic (exact) mass is 288 g/mol. The van der Waals surface area contributed by atoms with Crippen LogP contribution in [-0.2, 0) is 0 Å². The molecule has 2 aliphatic carbocycles. The minimum absolute atomic E-state index is 0.616. The molecule has 2 fully saturated rings. The molecule has 2 saturated carbocycles. The summed E-state index contributed by atoms with van der Waals surface area (Å²) in [6.45, 7) is 8.42. The van der Waals surface area contributed by atoms with E-state index in [2.05, 4.69) is 42.7 Å². The molecule has 0 aromatic rings. The van der Waals surface area contributed by atoms with E-state index >= 15 is 0 Å². The fourth-order valence-electron chi connectivity index (χ4n) is 4.48. The van der Waals surface area contributed by atoms with Crippen molar-refractivity contribution in [3.8, 4) is 0 Å². The van der Waals surface area contributed by atoms with Gasteiger partial charge in [0.15, 0.2) is 0 Å². The second-order valence-electron chi connectivity index (χ2n) is 7.49. The lowest BCUT2D eigenvalue weighted by molar-refractivity contribution is 0.149. The summed E-state index contributed by atoms with van der Waals surface area (Å²) in [6.07, 6.45) is 18.7. The van der Waals surface area contributed by atoms with Crippen molar-refractivity contribution in [3.05, 3.63) is 19.1 Å². The highest BCUT2D eigenvalue weighted by molar-refractivity contribution is 5.03. The van der Waals surface area contributed by atoms with Crippen LogP contribution in [0.15, 0.2) is 12.4 Å². The van der Waals surface area contributed by atoms with Crippen LogP contribution < -0.4 is 0 Å². The first-order valence-corrected chi connectivity index (χ1v) is 9.27. The van der Waals surface area contributed by atoms with Gasteiger partial charge in [-0.2, -0.15) is 0 Å². The molecule has 2 heteroatoms. The topological polar surface area (TPSA) is 6.48 Å². The molecule has 0 bridgehead atoms. The van der Waals surface area contributed by atoms with Gasteiger partial charge in [0.1, 0.15) is 0 Å². The molecule has 3 aliphatic rings. The van der Waals surface area contributed by atoms with Crippen LogP contribution in [0.2, 0.25) is 0 Å². The molecule has 3 rings (SSSR count). The van der Waals surface area contributed by atoms with Crippen molar-refractivity contribution in [1.29, 1.82) is 0 Å². The van der Waals surface area contributed by atoms with E-state index in [9.17, 15) is 0 Å². The van der Waals surface area contributed by atoms with Crippen molar-refractivity contribution in [1.82, 2.24) is 9.80 Å². The normalized spacial score (nSPS) is 28.1. The Balaban J connectivity index is 1.51. The zero-order chi connectivity index (χ0) is 14.7. The third-order valence-electron chi connectivity index (χ3n) is 6.16. The van der Waals surface area contributed by atoms with Crippen LogP contribution in [0.5, 0.6) is 0 Å². The summed E-state index contributed by atoms with van der Waals surface area (Å²) in [4.78, 5) is 4.71. The van der Waals surface area contributed by atoms with Crippen LogP contribution in [0.1, 0.15) is 78.1 Å². The largest absolute Gasteiger partial charge is 0.343 e. The van der Waals surface area contributed by atoms with Gasteiger partial charge < -0.3 is 9.80 Å². The zero-order valence-corrected chi connectivity index (χ0v) is 13.9. The molecular formula is C19H32N2. The highest BCUT2D eigenvalue weighted by Gasteiger charge is 2.31. The van der Waals surface area contributed by atoms with E-state index in [4.69, 9.17) is 0 Å². The molecule has 1 heterocycles. The van der Waals surface area contributed by atoms with Crippen LogP contribution in [0.3, 0.4) is 0 Å². The Morgan fingerprint density at radius 2 is 1.10 bits per heavy atom. The summed E-state index contributed by atoms with van der Waals surface area (Å²) in [5, 5.41) is 0. The molecule has 1 aliphatic heterocycles. The van der Waals surface area contributed by atoms with Crippen molar-refractivity contribution >= 4 is 0 Å². The van der Waals surface area contributed by atoms with E-state index in [-0.39, 0.29) is 0 Å². The molecule has 2 radical (unpaired) electrons. The molecule has 2 nitrogen and oxygen atoms in total. The van der Waals surface area contributed by atoms with Gasteiger partial charge in [-0.1, -0.05) is 38.5 Å². The number of nitrogens with zero attached hydrogens (tertiary/aromatic N) is 2. The fourth-order valence-corrected chi connectivity index (χ4v) is 4.48. The van der Waals surface area contributed by atoms with Gasteiger partial charge >= 0.3 is 0 Å². The predicted octanol–water partition coefficient (Wildman–Crippen LogP) is 5.01. The molecule has 118 valence electrons. The van der Waals surface area contributed by atoms with Gasteiger partial charge in [-0.3, -0.25) is 0 Å². The van der Waals surface area contributed by atoms with E-state index in [1.54, 1.807) is 0 Å². The lowest BCUT2D eigenvalue weighted by Crippen LogP contribution is -2.39. The van der Waals surface area contributed by atoms with Crippen molar-refractivity contribution in [2.45, 2.75) is 90.1 Å². The predicted molar refractivity (Wildman–Crippen MR) is 88.1 cm³/mol. The van der Waals surface area contributed by atoms with Crippen LogP contribution in [0.25, 0.3) is 0 Å². The quantitative estimate of drug-likeness (QED) is 0.717. The van der Waals surface area contributed by atoms with Gasteiger partial charge in [0.2, 0.25) is 6.67 Å². The molecule has 0 saturated heterocycles. The zero-order valence-electron chi connectivity index (χ0n) is 13.9. The summed E-state index contributed by atoms with van der Waals surface area (Å²) < 4.78 is 0. The van der Waals surface area contributed by atoms with E-state index < -0.39 is 0 Å². The van der Waals surface area contributed by atoms with Gasteiger partial charge in [-0.05, 0) is 51.4 Å². The maximum atomic E-state index is 3.64. The van der Waals surface area contributed by atoms with E-state index in [0.717, 1.165) is 11.8 Å². The minimum atomic E-state index is 0.616. The average molecular weight is 288 g/mol. The number of rotatable bonds is 4. The minimum Gasteiger partial charge on any atom is -0.343 e. The van der Waals surface area contributed by atoms with Gasteiger partial charge in [0.25, 0.3) is 0 Å². The van der Waals surface area contributed by atoms with Crippen LogP contribution >= 0.6 is 0 Å². The summed E-state index contributed by atoms with van der Waals surface area (Å²) in [7, 11) is 0. The second kappa shape index (κ2) is 7.07. The smallest absolute Gasteiger partial charge is 0.208 e. The lowest BCUT2D eigenvalue weighted by Gasteiger charge is -2.37. The molecule has 0 aromatic heterocycles. The molecule has 2 atom stereocenters. The number of hydrogen-bond donors (Lipinski definition) is 0. The Labute approximate surface area is 131 Å². The van der Waals surface area contributed by atoms with Gasteiger partial charge in [-0.25, -0.2) is 0 Å². The van der Waals surface area contributed by atoms with E-state index in [1.807, 2.05) is 0 Å². The van der Waals surface area contributed by atoms with Crippen molar-refractivity contribution in [2.24, 2.45) is 11.8 Å². The van der Waals surface area contributed by atoms with Crippen LogP contribution in [0, 0.1) is 18.5 Å². The van der Waals surface area contributed by atoms with Gasteiger partial charge in [0.05, 0.1) is 0 Å².